The van der Waals surface area contributed by atoms with Crippen LogP contribution in [0, 0.1) is 13.8 Å². The van der Waals surface area contributed by atoms with Crippen molar-refractivity contribution in [2.75, 3.05) is 14.2 Å². The number of nitrogens with zero attached hydrogens (tertiary/aromatic N) is 2. The maximum Gasteiger partial charge on any atom is 0.374 e. The van der Waals surface area contributed by atoms with Gasteiger partial charge in [-0.2, -0.15) is 5.10 Å². The number of aryl methyl sites for hydroxylation is 2. The highest BCUT2D eigenvalue weighted by Crippen LogP contribution is 2.40. The second kappa shape index (κ2) is 7.11. The van der Waals surface area contributed by atoms with Gasteiger partial charge >= 0.3 is 5.97 Å². The van der Waals surface area contributed by atoms with Crippen LogP contribution in [0.3, 0.4) is 0 Å². The fourth-order valence-electron chi connectivity index (χ4n) is 3.18. The van der Waals surface area contributed by atoms with Crippen LogP contribution in [0.15, 0.2) is 28.7 Å². The number of carbonyl (C=O) groups is 2. The molecule has 0 aliphatic heterocycles. The zero-order valence-electron chi connectivity index (χ0n) is 15.8. The summed E-state index contributed by atoms with van der Waals surface area (Å²) < 4.78 is 17.1. The van der Waals surface area contributed by atoms with Gasteiger partial charge < -0.3 is 13.9 Å². The highest BCUT2D eigenvalue weighted by Gasteiger charge is 2.28. The Morgan fingerprint density at radius 2 is 1.81 bits per heavy atom. The van der Waals surface area contributed by atoms with E-state index in [0.29, 0.717) is 33.8 Å². The van der Waals surface area contributed by atoms with Crippen molar-refractivity contribution < 1.29 is 23.5 Å². The first kappa shape index (κ1) is 18.4. The Bertz CT molecular complexity index is 1010. The second-order valence-electron chi connectivity index (χ2n) is 6.06. The number of benzene rings is 1. The number of aldehydes is 1. The molecule has 0 fully saturated rings. The van der Waals surface area contributed by atoms with Crippen LogP contribution >= 0.6 is 0 Å². The third-order valence-electron chi connectivity index (χ3n) is 4.51. The molecule has 0 unspecified atom stereocenters. The van der Waals surface area contributed by atoms with Crippen LogP contribution in [0.2, 0.25) is 0 Å². The first-order chi connectivity index (χ1) is 12.9. The lowest BCUT2D eigenvalue weighted by molar-refractivity contribution is 0.0562. The molecule has 0 spiro atoms. The summed E-state index contributed by atoms with van der Waals surface area (Å²) in [6, 6.07) is 7.38. The second-order valence-corrected chi connectivity index (χ2v) is 6.06. The van der Waals surface area contributed by atoms with Gasteiger partial charge in [0.05, 0.1) is 14.2 Å². The quantitative estimate of drug-likeness (QED) is 0.506. The van der Waals surface area contributed by atoms with Crippen LogP contribution in [0.4, 0.5) is 0 Å². The van der Waals surface area contributed by atoms with E-state index < -0.39 is 5.97 Å². The van der Waals surface area contributed by atoms with Gasteiger partial charge in [0.2, 0.25) is 5.76 Å². The molecule has 0 aliphatic rings. The number of aromatic nitrogens is 2. The van der Waals surface area contributed by atoms with Gasteiger partial charge in [-0.15, -0.1) is 0 Å². The Balaban J connectivity index is 2.28. The minimum Gasteiger partial charge on any atom is -0.497 e. The molecule has 0 amide bonds. The Morgan fingerprint density at radius 3 is 2.37 bits per heavy atom. The van der Waals surface area contributed by atoms with Crippen molar-refractivity contribution in [3.05, 3.63) is 47.0 Å². The number of methoxy groups -OCH3 is 2. The third-order valence-corrected chi connectivity index (χ3v) is 4.51. The van der Waals surface area contributed by atoms with Crippen molar-refractivity contribution in [1.29, 1.82) is 0 Å². The number of furan rings is 1. The van der Waals surface area contributed by atoms with Crippen LogP contribution in [0.25, 0.3) is 22.4 Å². The van der Waals surface area contributed by atoms with Crippen LogP contribution in [0.5, 0.6) is 5.75 Å². The Labute approximate surface area is 156 Å². The van der Waals surface area contributed by atoms with Crippen LogP contribution < -0.4 is 4.74 Å². The van der Waals surface area contributed by atoms with Crippen molar-refractivity contribution in [3.8, 4) is 28.1 Å². The fraction of sp³-hybridized carbons (Fsp3) is 0.250. The molecule has 1 aromatic carbocycles. The summed E-state index contributed by atoms with van der Waals surface area (Å²) in [6.07, 6.45) is 0.749. The Hall–Kier alpha value is -3.35. The van der Waals surface area contributed by atoms with Crippen molar-refractivity contribution in [3.63, 3.8) is 0 Å². The molecule has 0 bridgehead atoms. The minimum atomic E-state index is -0.565. The van der Waals surface area contributed by atoms with E-state index in [1.54, 1.807) is 28.0 Å². The SMILES string of the molecule is COC(=O)c1oc(C)c(-c2c(-c3ccc(OC)cc3)nn(C)c2C=O)c1C. The molecule has 0 aliphatic carbocycles. The molecule has 27 heavy (non-hydrogen) atoms. The number of rotatable bonds is 5. The van der Waals surface area contributed by atoms with Gasteiger partial charge in [0, 0.05) is 29.3 Å². The molecule has 3 rings (SSSR count). The average Bonchev–Trinajstić information content (AvgIpc) is 3.16. The lowest BCUT2D eigenvalue weighted by Crippen LogP contribution is -2.01. The van der Waals surface area contributed by atoms with Gasteiger partial charge in [-0.3, -0.25) is 9.48 Å². The molecule has 0 saturated carbocycles. The Morgan fingerprint density at radius 1 is 1.15 bits per heavy atom. The summed E-state index contributed by atoms with van der Waals surface area (Å²) >= 11 is 0. The van der Waals surface area contributed by atoms with E-state index in [2.05, 4.69) is 5.10 Å². The molecular formula is C20H20N2O5. The molecule has 7 heteroatoms. The van der Waals surface area contributed by atoms with Gasteiger partial charge in [0.15, 0.2) is 6.29 Å². The predicted octanol–water partition coefficient (Wildman–Crippen LogP) is 3.57. The zero-order chi connectivity index (χ0) is 19.7. The van der Waals surface area contributed by atoms with E-state index in [0.717, 1.165) is 17.6 Å². The monoisotopic (exact) mass is 368 g/mol. The van der Waals surface area contributed by atoms with E-state index in [9.17, 15) is 9.59 Å². The zero-order valence-corrected chi connectivity index (χ0v) is 15.8. The van der Waals surface area contributed by atoms with Gasteiger partial charge in [0.1, 0.15) is 22.9 Å². The lowest BCUT2D eigenvalue weighted by atomic mass is 9.96. The van der Waals surface area contributed by atoms with E-state index in [1.165, 1.54) is 11.8 Å². The Kier molecular flexibility index (Phi) is 4.85. The molecule has 3 aromatic rings. The molecule has 0 radical (unpaired) electrons. The molecule has 2 heterocycles. The summed E-state index contributed by atoms with van der Waals surface area (Å²) in [5.41, 5.74) is 3.71. The topological polar surface area (TPSA) is 83.6 Å². The van der Waals surface area contributed by atoms with Crippen molar-refractivity contribution in [1.82, 2.24) is 9.78 Å². The number of esters is 1. The first-order valence-corrected chi connectivity index (χ1v) is 8.28. The smallest absolute Gasteiger partial charge is 0.374 e. The molecule has 140 valence electrons. The van der Waals surface area contributed by atoms with E-state index in [1.807, 2.05) is 24.3 Å². The summed E-state index contributed by atoms with van der Waals surface area (Å²) in [6.45, 7) is 3.51. The van der Waals surface area contributed by atoms with Gasteiger partial charge in [0.25, 0.3) is 0 Å². The first-order valence-electron chi connectivity index (χ1n) is 8.28. The average molecular weight is 368 g/mol. The highest BCUT2D eigenvalue weighted by atomic mass is 16.5. The highest BCUT2D eigenvalue weighted by molar-refractivity contribution is 5.98. The molecule has 0 saturated heterocycles. The summed E-state index contributed by atoms with van der Waals surface area (Å²) in [5.74, 6) is 0.782. The van der Waals surface area contributed by atoms with Gasteiger partial charge in [-0.1, -0.05) is 0 Å². The summed E-state index contributed by atoms with van der Waals surface area (Å²) in [4.78, 5) is 23.8. The maximum atomic E-state index is 12.0. The minimum absolute atomic E-state index is 0.117. The van der Waals surface area contributed by atoms with Crippen molar-refractivity contribution in [2.24, 2.45) is 7.05 Å². The summed E-state index contributed by atoms with van der Waals surface area (Å²) in [5, 5.41) is 4.53. The predicted molar refractivity (Wildman–Crippen MR) is 99.1 cm³/mol. The van der Waals surface area contributed by atoms with E-state index in [4.69, 9.17) is 13.9 Å². The largest absolute Gasteiger partial charge is 0.497 e. The van der Waals surface area contributed by atoms with Crippen LogP contribution in [-0.2, 0) is 11.8 Å². The van der Waals surface area contributed by atoms with E-state index >= 15 is 0 Å². The molecule has 7 nitrogen and oxygen atoms in total. The normalized spacial score (nSPS) is 10.7. The third kappa shape index (κ3) is 3.01. The number of carbonyl (C=O) groups excluding carboxylic acids is 2. The standard InChI is InChI=1S/C20H20N2O5/c1-11-16(12(2)27-19(11)20(24)26-5)17-15(10-23)22(3)21-18(17)13-6-8-14(25-4)9-7-13/h6-10H,1-5H3. The van der Waals surface area contributed by atoms with E-state index in [-0.39, 0.29) is 5.76 Å². The number of hydrogen-bond donors (Lipinski definition) is 0. The molecule has 0 N–H and O–H groups in total. The fourth-order valence-corrected chi connectivity index (χ4v) is 3.18. The molecule has 0 atom stereocenters. The van der Waals surface area contributed by atoms with Gasteiger partial charge in [-0.05, 0) is 38.1 Å². The van der Waals surface area contributed by atoms with Gasteiger partial charge in [-0.25, -0.2) is 4.79 Å². The number of ether oxygens (including phenoxy) is 2. The molecule has 2 aromatic heterocycles. The number of hydrogen-bond acceptors (Lipinski definition) is 6. The van der Waals surface area contributed by atoms with Crippen molar-refractivity contribution >= 4 is 12.3 Å². The lowest BCUT2D eigenvalue weighted by Gasteiger charge is -2.06. The van der Waals surface area contributed by atoms with Crippen molar-refractivity contribution in [2.45, 2.75) is 13.8 Å². The summed E-state index contributed by atoms with van der Waals surface area (Å²) in [7, 11) is 4.59. The maximum absolute atomic E-state index is 12.0. The van der Waals surface area contributed by atoms with Crippen LogP contribution in [-0.4, -0.2) is 36.3 Å². The molecular weight excluding hydrogens is 348 g/mol. The van der Waals surface area contributed by atoms with Crippen LogP contribution in [0.1, 0.15) is 32.4 Å².